The summed E-state index contributed by atoms with van der Waals surface area (Å²) in [4.78, 5) is 2.72. The van der Waals surface area contributed by atoms with E-state index < -0.39 is 0 Å². The average Bonchev–Trinajstić information content (AvgIpc) is 3.21. The Hall–Kier alpha value is -1.29. The first-order valence-electron chi connectivity index (χ1n) is 7.70. The van der Waals surface area contributed by atoms with Crippen LogP contribution in [0, 0.1) is 5.82 Å². The zero-order valence-electron chi connectivity index (χ0n) is 11.6. The molecule has 108 valence electrons. The molecule has 2 heterocycles. The molecule has 4 heteroatoms. The van der Waals surface area contributed by atoms with Crippen molar-refractivity contribution in [3.63, 3.8) is 0 Å². The van der Waals surface area contributed by atoms with Gasteiger partial charge in [0, 0.05) is 29.9 Å². The number of piperidine rings is 1. The number of nitrogens with zero attached hydrogens (tertiary/aromatic N) is 1. The third-order valence-electron chi connectivity index (χ3n) is 4.96. The number of nitrogen functional groups attached to an aromatic ring is 1. The Morgan fingerprint density at radius 2 is 1.70 bits per heavy atom. The van der Waals surface area contributed by atoms with Crippen molar-refractivity contribution in [3.05, 3.63) is 24.0 Å². The van der Waals surface area contributed by atoms with Gasteiger partial charge >= 0.3 is 0 Å². The fourth-order valence-corrected chi connectivity index (χ4v) is 4.02. The van der Waals surface area contributed by atoms with Gasteiger partial charge in [-0.1, -0.05) is 0 Å². The standard InChI is InChI=1S/C16H21FN2O/c17-15-7-10(18)1-6-16(15)20-14-8-12-4-5-13(9-14)19(12)11-2-3-11/h1,6-7,11-14H,2-5,8-9,18H2/t12-,13+,14-. The van der Waals surface area contributed by atoms with Crippen molar-refractivity contribution in [2.24, 2.45) is 0 Å². The van der Waals surface area contributed by atoms with Gasteiger partial charge in [-0.3, -0.25) is 4.90 Å². The first-order chi connectivity index (χ1) is 9.70. The summed E-state index contributed by atoms with van der Waals surface area (Å²) in [6, 6.07) is 6.84. The number of rotatable bonds is 3. The Morgan fingerprint density at radius 1 is 1.05 bits per heavy atom. The van der Waals surface area contributed by atoms with Crippen LogP contribution >= 0.6 is 0 Å². The van der Waals surface area contributed by atoms with Gasteiger partial charge < -0.3 is 10.5 Å². The number of fused-ring (bicyclic) bond motifs is 2. The topological polar surface area (TPSA) is 38.5 Å². The second-order valence-electron chi connectivity index (χ2n) is 6.46. The van der Waals surface area contributed by atoms with Gasteiger partial charge in [-0.2, -0.15) is 0 Å². The molecule has 2 bridgehead atoms. The van der Waals surface area contributed by atoms with E-state index >= 15 is 0 Å². The zero-order chi connectivity index (χ0) is 13.7. The Kier molecular flexibility index (Phi) is 2.88. The lowest BCUT2D eigenvalue weighted by Gasteiger charge is -2.39. The molecule has 3 nitrogen and oxygen atoms in total. The summed E-state index contributed by atoms with van der Waals surface area (Å²) in [7, 11) is 0. The lowest BCUT2D eigenvalue weighted by atomic mass is 9.99. The maximum atomic E-state index is 13.8. The minimum absolute atomic E-state index is 0.153. The van der Waals surface area contributed by atoms with Crippen molar-refractivity contribution in [3.8, 4) is 5.75 Å². The van der Waals surface area contributed by atoms with Crippen LogP contribution < -0.4 is 10.5 Å². The number of hydrogen-bond donors (Lipinski definition) is 1. The molecule has 2 N–H and O–H groups in total. The van der Waals surface area contributed by atoms with Crippen molar-refractivity contribution in [1.82, 2.24) is 4.90 Å². The number of nitrogens with two attached hydrogens (primary N) is 1. The third-order valence-corrected chi connectivity index (χ3v) is 4.96. The Bertz CT molecular complexity index is 503. The fourth-order valence-electron chi connectivity index (χ4n) is 4.02. The molecule has 1 saturated carbocycles. The van der Waals surface area contributed by atoms with Gasteiger partial charge in [0.2, 0.25) is 0 Å². The lowest BCUT2D eigenvalue weighted by molar-refractivity contribution is 0.0424. The van der Waals surface area contributed by atoms with E-state index in [1.165, 1.54) is 31.7 Å². The third kappa shape index (κ3) is 2.16. The van der Waals surface area contributed by atoms with Crippen molar-refractivity contribution < 1.29 is 9.13 Å². The summed E-state index contributed by atoms with van der Waals surface area (Å²) in [6.45, 7) is 0. The summed E-state index contributed by atoms with van der Waals surface area (Å²) in [5.41, 5.74) is 6.01. The molecule has 0 unspecified atom stereocenters. The molecule has 0 radical (unpaired) electrons. The van der Waals surface area contributed by atoms with Crippen LogP contribution in [0.2, 0.25) is 0 Å². The van der Waals surface area contributed by atoms with E-state index in [1.54, 1.807) is 12.1 Å². The molecule has 0 aromatic heterocycles. The summed E-state index contributed by atoms with van der Waals surface area (Å²) in [5, 5.41) is 0. The highest BCUT2D eigenvalue weighted by atomic mass is 19.1. The van der Waals surface area contributed by atoms with Gasteiger partial charge in [-0.25, -0.2) is 4.39 Å². The number of hydrogen-bond acceptors (Lipinski definition) is 3. The minimum Gasteiger partial charge on any atom is -0.487 e. The molecular weight excluding hydrogens is 255 g/mol. The molecule has 2 saturated heterocycles. The van der Waals surface area contributed by atoms with Gasteiger partial charge in [-0.05, 0) is 50.7 Å². The average molecular weight is 276 g/mol. The van der Waals surface area contributed by atoms with Crippen molar-refractivity contribution >= 4 is 5.69 Å². The number of ether oxygens (including phenoxy) is 1. The van der Waals surface area contributed by atoms with E-state index in [-0.39, 0.29) is 11.9 Å². The largest absolute Gasteiger partial charge is 0.487 e. The van der Waals surface area contributed by atoms with Crippen molar-refractivity contribution in [2.75, 3.05) is 5.73 Å². The summed E-state index contributed by atoms with van der Waals surface area (Å²) >= 11 is 0. The summed E-state index contributed by atoms with van der Waals surface area (Å²) < 4.78 is 19.7. The molecule has 3 aliphatic rings. The predicted octanol–water partition coefficient (Wildman–Crippen LogP) is 2.94. The fraction of sp³-hybridized carbons (Fsp3) is 0.625. The van der Waals surface area contributed by atoms with Crippen LogP contribution in [0.5, 0.6) is 5.75 Å². The van der Waals surface area contributed by atoms with Crippen LogP contribution in [0.15, 0.2) is 18.2 Å². The molecule has 0 spiro atoms. The molecule has 2 aliphatic heterocycles. The van der Waals surface area contributed by atoms with Crippen LogP contribution in [0.3, 0.4) is 0 Å². The van der Waals surface area contributed by atoms with E-state index in [1.807, 2.05) is 0 Å². The van der Waals surface area contributed by atoms with E-state index in [9.17, 15) is 4.39 Å². The Morgan fingerprint density at radius 3 is 2.30 bits per heavy atom. The highest BCUT2D eigenvalue weighted by Crippen LogP contribution is 2.44. The molecule has 1 aromatic rings. The van der Waals surface area contributed by atoms with Crippen LogP contribution in [0.1, 0.15) is 38.5 Å². The van der Waals surface area contributed by atoms with E-state index in [0.29, 0.717) is 23.5 Å². The van der Waals surface area contributed by atoms with Gasteiger partial charge in [0.05, 0.1) is 0 Å². The van der Waals surface area contributed by atoms with Crippen LogP contribution in [-0.4, -0.2) is 29.1 Å². The second kappa shape index (κ2) is 4.62. The Labute approximate surface area is 118 Å². The predicted molar refractivity (Wildman–Crippen MR) is 76.1 cm³/mol. The molecule has 3 atom stereocenters. The smallest absolute Gasteiger partial charge is 0.167 e. The van der Waals surface area contributed by atoms with Crippen molar-refractivity contribution in [1.29, 1.82) is 0 Å². The van der Waals surface area contributed by atoms with Gasteiger partial charge in [-0.15, -0.1) is 0 Å². The quantitative estimate of drug-likeness (QED) is 0.863. The SMILES string of the molecule is Nc1ccc(O[C@@H]2C[C@H]3CC[C@@H](C2)N3C2CC2)c(F)c1. The maximum Gasteiger partial charge on any atom is 0.167 e. The highest BCUT2D eigenvalue weighted by molar-refractivity contribution is 5.42. The monoisotopic (exact) mass is 276 g/mol. The van der Waals surface area contributed by atoms with Crippen molar-refractivity contribution in [2.45, 2.75) is 62.8 Å². The molecule has 1 aromatic carbocycles. The molecule has 0 amide bonds. The van der Waals surface area contributed by atoms with E-state index in [2.05, 4.69) is 4.90 Å². The first-order valence-corrected chi connectivity index (χ1v) is 7.70. The summed E-state index contributed by atoms with van der Waals surface area (Å²) in [6.07, 6.45) is 7.53. The van der Waals surface area contributed by atoms with Crippen LogP contribution in [0.25, 0.3) is 0 Å². The molecular formula is C16H21FN2O. The number of halogens is 1. The molecule has 20 heavy (non-hydrogen) atoms. The van der Waals surface area contributed by atoms with Crippen LogP contribution in [-0.2, 0) is 0 Å². The Balaban J connectivity index is 1.46. The van der Waals surface area contributed by atoms with E-state index in [4.69, 9.17) is 10.5 Å². The van der Waals surface area contributed by atoms with E-state index in [0.717, 1.165) is 18.9 Å². The first kappa shape index (κ1) is 12.5. The lowest BCUT2D eigenvalue weighted by Crippen LogP contribution is -2.47. The number of benzene rings is 1. The second-order valence-corrected chi connectivity index (χ2v) is 6.46. The zero-order valence-corrected chi connectivity index (χ0v) is 11.6. The maximum absolute atomic E-state index is 13.8. The molecule has 1 aliphatic carbocycles. The molecule has 3 fully saturated rings. The molecule has 4 rings (SSSR count). The number of anilines is 1. The van der Waals surface area contributed by atoms with Gasteiger partial charge in [0.25, 0.3) is 0 Å². The van der Waals surface area contributed by atoms with Gasteiger partial charge in [0.1, 0.15) is 6.10 Å². The summed E-state index contributed by atoms with van der Waals surface area (Å²) in [5.74, 6) is 0.00504. The van der Waals surface area contributed by atoms with Gasteiger partial charge in [0.15, 0.2) is 11.6 Å². The van der Waals surface area contributed by atoms with Crippen LogP contribution in [0.4, 0.5) is 10.1 Å². The minimum atomic E-state index is -0.345. The normalized spacial score (nSPS) is 33.4. The highest BCUT2D eigenvalue weighted by Gasteiger charge is 2.47.